The summed E-state index contributed by atoms with van der Waals surface area (Å²) in [5, 5.41) is 0. The third-order valence-corrected chi connectivity index (χ3v) is 13.6. The Hall–Kier alpha value is -3.41. The van der Waals surface area contributed by atoms with E-state index in [0.29, 0.717) is 19.3 Å². The van der Waals surface area contributed by atoms with Gasteiger partial charge in [-0.15, -0.1) is 0 Å². The first-order chi connectivity index (χ1) is 36.5. The monoisotopic (exact) mass is 1030 g/mol. The molecule has 0 aromatic rings. The van der Waals surface area contributed by atoms with E-state index >= 15 is 0 Å². The number of allylic oxidation sites excluding steroid dienone is 14. The maximum Gasteiger partial charge on any atom is 0.306 e. The summed E-state index contributed by atoms with van der Waals surface area (Å²) >= 11 is 0. The summed E-state index contributed by atoms with van der Waals surface area (Å²) < 4.78 is 16.8. The summed E-state index contributed by atoms with van der Waals surface area (Å²) in [6, 6.07) is 0. The van der Waals surface area contributed by atoms with Crippen LogP contribution in [0.25, 0.3) is 0 Å². The van der Waals surface area contributed by atoms with Crippen LogP contribution in [0.3, 0.4) is 0 Å². The van der Waals surface area contributed by atoms with Gasteiger partial charge in [0.2, 0.25) is 0 Å². The number of carbonyl (C=O) groups is 3. The van der Waals surface area contributed by atoms with Gasteiger partial charge >= 0.3 is 17.9 Å². The van der Waals surface area contributed by atoms with Crippen LogP contribution in [-0.2, 0) is 28.6 Å². The Bertz CT molecular complexity index is 1420. The number of carbonyl (C=O) groups excluding carboxylic acids is 3. The molecular formula is C68H118O6. The number of hydrogen-bond acceptors (Lipinski definition) is 6. The highest BCUT2D eigenvalue weighted by Crippen LogP contribution is 2.16. The van der Waals surface area contributed by atoms with Crippen LogP contribution >= 0.6 is 0 Å². The summed E-state index contributed by atoms with van der Waals surface area (Å²) in [7, 11) is 0. The molecule has 0 radical (unpaired) electrons. The van der Waals surface area contributed by atoms with Crippen LogP contribution in [0.1, 0.15) is 310 Å². The van der Waals surface area contributed by atoms with Crippen molar-refractivity contribution in [1.29, 1.82) is 0 Å². The first kappa shape index (κ1) is 70.6. The second-order valence-corrected chi connectivity index (χ2v) is 20.9. The van der Waals surface area contributed by atoms with E-state index in [1.165, 1.54) is 173 Å². The maximum atomic E-state index is 12.8. The second kappa shape index (κ2) is 62.1. The Morgan fingerprint density at radius 1 is 0.284 bits per heavy atom. The highest BCUT2D eigenvalue weighted by molar-refractivity contribution is 5.71. The smallest absolute Gasteiger partial charge is 0.306 e. The summed E-state index contributed by atoms with van der Waals surface area (Å²) in [4.78, 5) is 38.2. The number of rotatable bonds is 57. The van der Waals surface area contributed by atoms with Crippen molar-refractivity contribution in [1.82, 2.24) is 0 Å². The van der Waals surface area contributed by atoms with Crippen molar-refractivity contribution in [2.75, 3.05) is 13.2 Å². The van der Waals surface area contributed by atoms with Crippen molar-refractivity contribution in [3.05, 3.63) is 85.1 Å². The average molecular weight is 1030 g/mol. The van der Waals surface area contributed by atoms with Crippen LogP contribution < -0.4 is 0 Å². The molecule has 0 aliphatic rings. The van der Waals surface area contributed by atoms with Crippen LogP contribution in [0.15, 0.2) is 85.1 Å². The minimum absolute atomic E-state index is 0.100. The fourth-order valence-corrected chi connectivity index (χ4v) is 8.88. The fourth-order valence-electron chi connectivity index (χ4n) is 8.88. The van der Waals surface area contributed by atoms with Gasteiger partial charge < -0.3 is 14.2 Å². The molecule has 426 valence electrons. The van der Waals surface area contributed by atoms with Crippen molar-refractivity contribution in [3.8, 4) is 0 Å². The van der Waals surface area contributed by atoms with E-state index in [9.17, 15) is 14.4 Å². The number of hydrogen-bond donors (Lipinski definition) is 0. The van der Waals surface area contributed by atoms with Crippen molar-refractivity contribution in [3.63, 3.8) is 0 Å². The maximum absolute atomic E-state index is 12.8. The molecule has 0 fully saturated rings. The zero-order chi connectivity index (χ0) is 53.6. The molecule has 0 aliphatic heterocycles. The van der Waals surface area contributed by atoms with E-state index in [1.807, 2.05) is 0 Å². The highest BCUT2D eigenvalue weighted by Gasteiger charge is 2.19. The molecule has 0 heterocycles. The molecule has 1 atom stereocenters. The molecule has 0 aromatic carbocycles. The van der Waals surface area contributed by atoms with E-state index in [0.717, 1.165) is 89.9 Å². The SMILES string of the molecule is CC/C=C\C/C=C\C/C=C\C/C=C\C/C=C\CCCC(=O)OC(COC(=O)CCCCCCC/C=C\CCCCC)COC(=O)CCCCCCCCCCCCCCCCC/C=C\CCCCCCCCCC. The van der Waals surface area contributed by atoms with Crippen molar-refractivity contribution >= 4 is 17.9 Å². The van der Waals surface area contributed by atoms with Crippen molar-refractivity contribution < 1.29 is 28.6 Å². The molecular weight excluding hydrogens is 913 g/mol. The molecule has 0 aromatic heterocycles. The van der Waals surface area contributed by atoms with Gasteiger partial charge in [0.1, 0.15) is 13.2 Å². The van der Waals surface area contributed by atoms with Crippen molar-refractivity contribution in [2.24, 2.45) is 0 Å². The Kier molecular flexibility index (Phi) is 59.3. The number of unbranched alkanes of at least 4 members (excludes halogenated alkanes) is 32. The highest BCUT2D eigenvalue weighted by atomic mass is 16.6. The normalized spacial score (nSPS) is 12.6. The van der Waals surface area contributed by atoms with Gasteiger partial charge in [0.25, 0.3) is 0 Å². The van der Waals surface area contributed by atoms with E-state index in [4.69, 9.17) is 14.2 Å². The van der Waals surface area contributed by atoms with Gasteiger partial charge in [0.05, 0.1) is 0 Å². The predicted octanol–water partition coefficient (Wildman–Crippen LogP) is 21.5. The van der Waals surface area contributed by atoms with Gasteiger partial charge in [-0.1, -0.05) is 266 Å². The molecule has 0 spiro atoms. The minimum atomic E-state index is -0.809. The van der Waals surface area contributed by atoms with E-state index in [-0.39, 0.29) is 37.5 Å². The summed E-state index contributed by atoms with van der Waals surface area (Å²) in [5.74, 6) is -0.960. The molecule has 6 nitrogen and oxygen atoms in total. The van der Waals surface area contributed by atoms with E-state index in [1.54, 1.807) is 0 Å². The summed E-state index contributed by atoms with van der Waals surface area (Å²) in [5.41, 5.74) is 0. The van der Waals surface area contributed by atoms with Gasteiger partial charge in [0, 0.05) is 19.3 Å². The van der Waals surface area contributed by atoms with E-state index in [2.05, 4.69) is 106 Å². The summed E-state index contributed by atoms with van der Waals surface area (Å²) in [6.45, 7) is 6.47. The van der Waals surface area contributed by atoms with Crippen LogP contribution in [0, 0.1) is 0 Å². The topological polar surface area (TPSA) is 78.9 Å². The second-order valence-electron chi connectivity index (χ2n) is 20.9. The standard InChI is InChI=1S/C68H118O6/c1-4-7-10-13-16-19-22-25-27-29-30-31-32-33-34-35-36-37-38-40-41-43-46-49-52-55-58-61-67(70)73-64-65(63-72-66(69)60-57-54-51-48-45-24-21-18-15-12-9-6-3)74-68(71)62-59-56-53-50-47-44-42-39-28-26-23-20-17-14-11-8-5-2/h8,11,17-18,20-21,26,28-30,42,44,50,53,65H,4-7,9-10,12-16,19,22-25,27,31-41,43,45-49,51-52,54-64H2,1-3H3/b11-8-,20-17-,21-18-,28-26-,30-29-,44-42-,53-50-. The van der Waals surface area contributed by atoms with Gasteiger partial charge in [-0.3, -0.25) is 14.4 Å². The molecule has 6 heteroatoms. The Balaban J connectivity index is 4.29. The van der Waals surface area contributed by atoms with Gasteiger partial charge in [-0.25, -0.2) is 0 Å². The lowest BCUT2D eigenvalue weighted by Gasteiger charge is -2.18. The average Bonchev–Trinajstić information content (AvgIpc) is 3.40. The molecule has 0 saturated heterocycles. The first-order valence-corrected chi connectivity index (χ1v) is 31.6. The first-order valence-electron chi connectivity index (χ1n) is 31.6. The van der Waals surface area contributed by atoms with Gasteiger partial charge in [0.15, 0.2) is 6.10 Å². The van der Waals surface area contributed by atoms with Gasteiger partial charge in [-0.05, 0) is 109 Å². The lowest BCUT2D eigenvalue weighted by Crippen LogP contribution is -2.30. The fraction of sp³-hybridized carbons (Fsp3) is 0.750. The Morgan fingerprint density at radius 2 is 0.541 bits per heavy atom. The summed E-state index contributed by atoms with van der Waals surface area (Å²) in [6.07, 6.45) is 81.8. The molecule has 74 heavy (non-hydrogen) atoms. The Morgan fingerprint density at radius 3 is 0.905 bits per heavy atom. The zero-order valence-electron chi connectivity index (χ0n) is 48.8. The van der Waals surface area contributed by atoms with E-state index < -0.39 is 6.10 Å². The van der Waals surface area contributed by atoms with Crippen LogP contribution in [0.5, 0.6) is 0 Å². The third kappa shape index (κ3) is 59.5. The largest absolute Gasteiger partial charge is 0.462 e. The quantitative estimate of drug-likeness (QED) is 0.0261. The lowest BCUT2D eigenvalue weighted by molar-refractivity contribution is -0.167. The third-order valence-electron chi connectivity index (χ3n) is 13.6. The molecule has 1 unspecified atom stereocenters. The van der Waals surface area contributed by atoms with Crippen LogP contribution in [0.4, 0.5) is 0 Å². The van der Waals surface area contributed by atoms with Crippen molar-refractivity contribution in [2.45, 2.75) is 316 Å². The van der Waals surface area contributed by atoms with Crippen LogP contribution in [-0.4, -0.2) is 37.2 Å². The number of esters is 3. The molecule has 0 aliphatic carbocycles. The van der Waals surface area contributed by atoms with Gasteiger partial charge in [-0.2, -0.15) is 0 Å². The molecule has 0 saturated carbocycles. The molecule has 0 rings (SSSR count). The molecule has 0 amide bonds. The molecule has 0 bridgehead atoms. The minimum Gasteiger partial charge on any atom is -0.462 e. The molecule has 0 N–H and O–H groups in total. The Labute approximate surface area is 458 Å². The zero-order valence-corrected chi connectivity index (χ0v) is 48.8. The lowest BCUT2D eigenvalue weighted by atomic mass is 10.0. The number of ether oxygens (including phenoxy) is 3. The van der Waals surface area contributed by atoms with Crippen LogP contribution in [0.2, 0.25) is 0 Å². The predicted molar refractivity (Wildman–Crippen MR) is 321 cm³/mol.